The van der Waals surface area contributed by atoms with E-state index in [0.29, 0.717) is 12.6 Å². The zero-order chi connectivity index (χ0) is 15.0. The maximum atomic E-state index is 12.3. The van der Waals surface area contributed by atoms with Crippen molar-refractivity contribution in [3.8, 4) is 0 Å². The lowest BCUT2D eigenvalue weighted by atomic mass is 10.1. The van der Waals surface area contributed by atoms with E-state index in [9.17, 15) is 4.79 Å². The summed E-state index contributed by atoms with van der Waals surface area (Å²) < 4.78 is 5.04. The molecule has 0 saturated carbocycles. The Labute approximate surface area is 120 Å². The summed E-state index contributed by atoms with van der Waals surface area (Å²) in [5.41, 5.74) is 2.49. The molecule has 0 radical (unpaired) electrons. The quantitative estimate of drug-likeness (QED) is 0.282. The molecule has 2 unspecified atom stereocenters. The zero-order valence-corrected chi connectivity index (χ0v) is 12.7. The Bertz CT molecular complexity index is 329. The second-order valence-corrected chi connectivity index (χ2v) is 5.18. The molecule has 0 aromatic rings. The molecular weight excluding hydrogens is 258 g/mol. The number of likely N-dealkylation sites (tertiary alicyclic amines) is 1. The number of nitrogens with zero attached hydrogens (tertiary/aromatic N) is 2. The average molecular weight is 285 g/mol. The number of aliphatic imine (C=N–C) groups is 1. The van der Waals surface area contributed by atoms with Gasteiger partial charge in [0, 0.05) is 26.2 Å². The van der Waals surface area contributed by atoms with Crippen molar-refractivity contribution in [2.75, 3.05) is 26.8 Å². The summed E-state index contributed by atoms with van der Waals surface area (Å²) in [6.07, 6.45) is 3.35. The summed E-state index contributed by atoms with van der Waals surface area (Å²) in [6, 6.07) is -0.381. The minimum Gasteiger partial charge on any atom is -0.383 e. The molecule has 4 N–H and O–H groups in total. The van der Waals surface area contributed by atoms with E-state index in [1.165, 1.54) is 6.42 Å². The molecule has 1 fully saturated rings. The largest absolute Gasteiger partial charge is 0.383 e. The standard InChI is InChI=1S/C13H27N5O2/c1-10(9-20-3)15-13(17-14)16-11(2)12(19)18-7-5-4-6-8-18/h10-11H,4-9,14H2,1-3H3,(H2,15,16,17). The number of hydrazine groups is 1. The highest BCUT2D eigenvalue weighted by Gasteiger charge is 2.22. The fourth-order valence-corrected chi connectivity index (χ4v) is 2.27. The van der Waals surface area contributed by atoms with Crippen molar-refractivity contribution in [1.82, 2.24) is 15.6 Å². The summed E-state index contributed by atoms with van der Waals surface area (Å²) in [5, 5.41) is 3.07. The molecule has 0 aromatic heterocycles. The van der Waals surface area contributed by atoms with Gasteiger partial charge in [0.2, 0.25) is 11.9 Å². The van der Waals surface area contributed by atoms with Crippen LogP contribution in [0.3, 0.4) is 0 Å². The van der Waals surface area contributed by atoms with Crippen molar-refractivity contribution < 1.29 is 9.53 Å². The Balaban J connectivity index is 2.56. The van der Waals surface area contributed by atoms with Crippen molar-refractivity contribution >= 4 is 11.9 Å². The minimum absolute atomic E-state index is 0.0543. The Hall–Kier alpha value is -1.34. The van der Waals surface area contributed by atoms with Gasteiger partial charge in [-0.05, 0) is 33.1 Å². The Kier molecular flexibility index (Phi) is 7.32. The van der Waals surface area contributed by atoms with Gasteiger partial charge in [-0.15, -0.1) is 0 Å². The number of nitrogens with two attached hydrogens (primary N) is 1. The summed E-state index contributed by atoms with van der Waals surface area (Å²) >= 11 is 0. The highest BCUT2D eigenvalue weighted by atomic mass is 16.5. The molecule has 1 heterocycles. The lowest BCUT2D eigenvalue weighted by molar-refractivity contribution is -0.133. The van der Waals surface area contributed by atoms with Gasteiger partial charge in [-0.3, -0.25) is 10.2 Å². The van der Waals surface area contributed by atoms with Crippen molar-refractivity contribution in [3.63, 3.8) is 0 Å². The number of rotatable bonds is 5. The lowest BCUT2D eigenvalue weighted by Crippen LogP contribution is -2.48. The number of methoxy groups -OCH3 is 1. The van der Waals surface area contributed by atoms with Crippen LogP contribution in [-0.2, 0) is 9.53 Å². The molecule has 0 bridgehead atoms. The molecule has 7 heteroatoms. The van der Waals surface area contributed by atoms with Crippen molar-refractivity contribution in [2.45, 2.75) is 45.2 Å². The molecule has 1 saturated heterocycles. The highest BCUT2D eigenvalue weighted by Crippen LogP contribution is 2.10. The predicted molar refractivity (Wildman–Crippen MR) is 79.1 cm³/mol. The van der Waals surface area contributed by atoms with Gasteiger partial charge in [0.15, 0.2) is 0 Å². The van der Waals surface area contributed by atoms with Crippen molar-refractivity contribution in [3.05, 3.63) is 0 Å². The van der Waals surface area contributed by atoms with Crippen molar-refractivity contribution in [1.29, 1.82) is 0 Å². The van der Waals surface area contributed by atoms with Crippen molar-refractivity contribution in [2.24, 2.45) is 10.8 Å². The van der Waals surface area contributed by atoms with Gasteiger partial charge in [0.25, 0.3) is 0 Å². The summed E-state index contributed by atoms with van der Waals surface area (Å²) in [7, 11) is 1.63. The first kappa shape index (κ1) is 16.7. The van der Waals surface area contributed by atoms with Crippen LogP contribution in [0.25, 0.3) is 0 Å². The SMILES string of the molecule is COCC(C)NC(=NC(C)C(=O)N1CCCCC1)NN. The normalized spacial score (nSPS) is 19.4. The van der Waals surface area contributed by atoms with Gasteiger partial charge in [-0.1, -0.05) is 0 Å². The van der Waals surface area contributed by atoms with Crippen LogP contribution >= 0.6 is 0 Å². The van der Waals surface area contributed by atoms with Gasteiger partial charge in [-0.2, -0.15) is 0 Å². The van der Waals surface area contributed by atoms with Gasteiger partial charge < -0.3 is 15.0 Å². The van der Waals surface area contributed by atoms with Gasteiger partial charge in [-0.25, -0.2) is 10.8 Å². The molecule has 20 heavy (non-hydrogen) atoms. The maximum absolute atomic E-state index is 12.3. The fraction of sp³-hybridized carbons (Fsp3) is 0.846. The Morgan fingerprint density at radius 2 is 2.00 bits per heavy atom. The minimum atomic E-state index is -0.443. The van der Waals surface area contributed by atoms with Crippen LogP contribution < -0.4 is 16.6 Å². The number of carbonyl (C=O) groups excluding carboxylic acids is 1. The highest BCUT2D eigenvalue weighted by molar-refractivity contribution is 5.87. The van der Waals surface area contributed by atoms with E-state index in [1.54, 1.807) is 14.0 Å². The Morgan fingerprint density at radius 3 is 2.55 bits per heavy atom. The number of hydrogen-bond acceptors (Lipinski definition) is 4. The van der Waals surface area contributed by atoms with E-state index in [-0.39, 0.29) is 11.9 Å². The van der Waals surface area contributed by atoms with E-state index in [1.807, 2.05) is 11.8 Å². The zero-order valence-electron chi connectivity index (χ0n) is 12.7. The monoisotopic (exact) mass is 285 g/mol. The third-order valence-electron chi connectivity index (χ3n) is 3.28. The Morgan fingerprint density at radius 1 is 1.35 bits per heavy atom. The van der Waals surface area contributed by atoms with E-state index < -0.39 is 6.04 Å². The van der Waals surface area contributed by atoms with E-state index in [4.69, 9.17) is 10.6 Å². The van der Waals surface area contributed by atoms with Gasteiger partial charge in [0.1, 0.15) is 6.04 Å². The number of guanidine groups is 1. The van der Waals surface area contributed by atoms with E-state index >= 15 is 0 Å². The smallest absolute Gasteiger partial charge is 0.247 e. The van der Waals surface area contributed by atoms with Crippen LogP contribution in [0.15, 0.2) is 4.99 Å². The van der Waals surface area contributed by atoms with E-state index in [0.717, 1.165) is 25.9 Å². The van der Waals surface area contributed by atoms with Gasteiger partial charge in [0.05, 0.1) is 6.61 Å². The summed E-state index contributed by atoms with van der Waals surface area (Å²) in [5.74, 6) is 5.90. The number of nitrogens with one attached hydrogen (secondary N) is 2. The maximum Gasteiger partial charge on any atom is 0.247 e. The van der Waals surface area contributed by atoms with Crippen LogP contribution in [0.2, 0.25) is 0 Å². The second-order valence-electron chi connectivity index (χ2n) is 5.18. The van der Waals surface area contributed by atoms with Crippen LogP contribution in [0.1, 0.15) is 33.1 Å². The first-order chi connectivity index (χ1) is 9.58. The molecule has 116 valence electrons. The molecule has 1 amide bonds. The molecular formula is C13H27N5O2. The first-order valence-electron chi connectivity index (χ1n) is 7.17. The molecule has 1 rings (SSSR count). The average Bonchev–Trinajstić information content (AvgIpc) is 2.46. The number of amides is 1. The number of piperidine rings is 1. The van der Waals surface area contributed by atoms with Crippen LogP contribution in [0.5, 0.6) is 0 Å². The second kappa shape index (κ2) is 8.76. The van der Waals surface area contributed by atoms with Crippen LogP contribution in [-0.4, -0.2) is 55.7 Å². The molecule has 2 atom stereocenters. The molecule has 1 aliphatic rings. The molecule has 1 aliphatic heterocycles. The number of ether oxygens (including phenoxy) is 1. The third kappa shape index (κ3) is 5.34. The van der Waals surface area contributed by atoms with Crippen LogP contribution in [0, 0.1) is 0 Å². The van der Waals surface area contributed by atoms with Crippen LogP contribution in [0.4, 0.5) is 0 Å². The molecule has 0 aromatic carbocycles. The molecule has 0 aliphatic carbocycles. The summed E-state index contributed by atoms with van der Waals surface area (Å²) in [6.45, 7) is 5.94. The third-order valence-corrected chi connectivity index (χ3v) is 3.28. The lowest BCUT2D eigenvalue weighted by Gasteiger charge is -2.28. The molecule has 0 spiro atoms. The number of carbonyl (C=O) groups is 1. The topological polar surface area (TPSA) is 92.0 Å². The predicted octanol–water partition coefficient (Wildman–Crippen LogP) is -0.169. The van der Waals surface area contributed by atoms with Gasteiger partial charge >= 0.3 is 0 Å². The fourth-order valence-electron chi connectivity index (χ4n) is 2.27. The van der Waals surface area contributed by atoms with E-state index in [2.05, 4.69) is 15.7 Å². The number of hydrogen-bond donors (Lipinski definition) is 3. The molecule has 7 nitrogen and oxygen atoms in total. The first-order valence-corrected chi connectivity index (χ1v) is 7.17. The summed E-state index contributed by atoms with van der Waals surface area (Å²) in [4.78, 5) is 18.5.